The highest BCUT2D eigenvalue weighted by Crippen LogP contribution is 2.28. The van der Waals surface area contributed by atoms with Crippen molar-refractivity contribution in [2.24, 2.45) is 11.3 Å². The van der Waals surface area contributed by atoms with Crippen LogP contribution in [0.25, 0.3) is 0 Å². The maximum absolute atomic E-state index is 3.63. The second kappa shape index (κ2) is 8.97. The summed E-state index contributed by atoms with van der Waals surface area (Å²) in [5, 5.41) is 3.63. The van der Waals surface area contributed by atoms with Crippen molar-refractivity contribution in [2.45, 2.75) is 65.7 Å². The largest absolute Gasteiger partial charge is 0.316 e. The molecular weight excluding hydrogens is 232 g/mol. The molecule has 0 radical (unpaired) electrons. The van der Waals surface area contributed by atoms with Gasteiger partial charge in [0.15, 0.2) is 0 Å². The van der Waals surface area contributed by atoms with Gasteiger partial charge >= 0.3 is 0 Å². The maximum Gasteiger partial charge on any atom is 0.00445 e. The Morgan fingerprint density at radius 2 is 1.84 bits per heavy atom. The molecule has 1 rings (SSSR count). The molecule has 2 heteroatoms. The Morgan fingerprint density at radius 1 is 1.16 bits per heavy atom. The second-order valence-corrected chi connectivity index (χ2v) is 7.08. The number of rotatable bonds is 10. The number of hydrogen-bond donors (Lipinski definition) is 1. The summed E-state index contributed by atoms with van der Waals surface area (Å²) in [6.07, 6.45) is 9.71. The summed E-state index contributed by atoms with van der Waals surface area (Å²) in [7, 11) is 2.33. The number of nitrogens with one attached hydrogen (secondary N) is 1. The summed E-state index contributed by atoms with van der Waals surface area (Å²) < 4.78 is 0. The van der Waals surface area contributed by atoms with Gasteiger partial charge in [0.2, 0.25) is 0 Å². The minimum absolute atomic E-state index is 0.442. The molecule has 0 aliphatic heterocycles. The van der Waals surface area contributed by atoms with Crippen LogP contribution in [0.3, 0.4) is 0 Å². The molecule has 0 aromatic heterocycles. The average molecular weight is 268 g/mol. The van der Waals surface area contributed by atoms with Gasteiger partial charge in [0.25, 0.3) is 0 Å². The molecular formula is C17H36N2. The lowest BCUT2D eigenvalue weighted by Gasteiger charge is -2.35. The van der Waals surface area contributed by atoms with Crippen molar-refractivity contribution in [3.8, 4) is 0 Å². The van der Waals surface area contributed by atoms with Gasteiger partial charge in [-0.05, 0) is 50.6 Å². The van der Waals surface area contributed by atoms with Crippen LogP contribution in [0, 0.1) is 11.3 Å². The van der Waals surface area contributed by atoms with Crippen molar-refractivity contribution < 1.29 is 0 Å². The second-order valence-electron chi connectivity index (χ2n) is 7.08. The van der Waals surface area contributed by atoms with Crippen LogP contribution in [-0.2, 0) is 0 Å². The Morgan fingerprint density at radius 3 is 2.42 bits per heavy atom. The first-order valence-electron chi connectivity index (χ1n) is 8.49. The normalized spacial score (nSPS) is 20.1. The Bertz CT molecular complexity index is 223. The summed E-state index contributed by atoms with van der Waals surface area (Å²) in [4.78, 5) is 2.60. The van der Waals surface area contributed by atoms with E-state index in [9.17, 15) is 0 Å². The van der Waals surface area contributed by atoms with E-state index in [-0.39, 0.29) is 0 Å². The first-order chi connectivity index (χ1) is 9.09. The molecule has 1 N–H and O–H groups in total. The van der Waals surface area contributed by atoms with E-state index in [0.29, 0.717) is 5.41 Å². The van der Waals surface area contributed by atoms with Crippen molar-refractivity contribution in [3.63, 3.8) is 0 Å². The van der Waals surface area contributed by atoms with Crippen LogP contribution in [-0.4, -0.2) is 38.1 Å². The Labute approximate surface area is 121 Å². The quantitative estimate of drug-likeness (QED) is 0.604. The van der Waals surface area contributed by atoms with Crippen molar-refractivity contribution >= 4 is 0 Å². The van der Waals surface area contributed by atoms with E-state index in [0.717, 1.165) is 12.5 Å². The number of nitrogens with zero attached hydrogens (tertiary/aromatic N) is 1. The highest BCUT2D eigenvalue weighted by Gasteiger charge is 2.26. The molecule has 0 amide bonds. The molecule has 0 aromatic rings. The van der Waals surface area contributed by atoms with Gasteiger partial charge in [-0.15, -0.1) is 0 Å². The lowest BCUT2D eigenvalue weighted by Crippen LogP contribution is -2.42. The van der Waals surface area contributed by atoms with Gasteiger partial charge in [-0.2, -0.15) is 0 Å². The summed E-state index contributed by atoms with van der Waals surface area (Å²) >= 11 is 0. The van der Waals surface area contributed by atoms with E-state index < -0.39 is 0 Å². The fourth-order valence-corrected chi connectivity index (χ4v) is 3.74. The third-order valence-corrected chi connectivity index (χ3v) is 4.53. The third kappa shape index (κ3) is 6.76. The molecule has 1 atom stereocenters. The molecule has 1 aliphatic rings. The highest BCUT2D eigenvalue weighted by molar-refractivity contribution is 4.81. The molecule has 0 bridgehead atoms. The third-order valence-electron chi connectivity index (χ3n) is 4.53. The predicted molar refractivity (Wildman–Crippen MR) is 85.6 cm³/mol. The van der Waals surface area contributed by atoms with Gasteiger partial charge in [0, 0.05) is 19.6 Å². The van der Waals surface area contributed by atoms with Crippen molar-refractivity contribution in [2.75, 3.05) is 33.2 Å². The van der Waals surface area contributed by atoms with Gasteiger partial charge < -0.3 is 10.2 Å². The van der Waals surface area contributed by atoms with Crippen molar-refractivity contribution in [1.29, 1.82) is 0 Å². The summed E-state index contributed by atoms with van der Waals surface area (Å²) in [6, 6.07) is 0. The zero-order valence-electron chi connectivity index (χ0n) is 13.8. The maximum atomic E-state index is 3.63. The topological polar surface area (TPSA) is 15.3 Å². The molecule has 0 aromatic carbocycles. The summed E-state index contributed by atoms with van der Waals surface area (Å²) in [6.45, 7) is 11.9. The van der Waals surface area contributed by atoms with Gasteiger partial charge in [-0.3, -0.25) is 0 Å². The SMILES string of the molecule is CCCNCC(C)(CCC)CN(C)CC1CCCC1. The molecule has 1 fully saturated rings. The van der Waals surface area contributed by atoms with Crippen molar-refractivity contribution in [1.82, 2.24) is 10.2 Å². The Balaban J connectivity index is 2.36. The van der Waals surface area contributed by atoms with E-state index in [1.54, 1.807) is 0 Å². The Kier molecular flexibility index (Phi) is 8.01. The first-order valence-corrected chi connectivity index (χ1v) is 8.49. The minimum Gasteiger partial charge on any atom is -0.316 e. The van der Waals surface area contributed by atoms with Crippen molar-refractivity contribution in [3.05, 3.63) is 0 Å². The summed E-state index contributed by atoms with van der Waals surface area (Å²) in [5.74, 6) is 0.972. The number of hydrogen-bond acceptors (Lipinski definition) is 2. The zero-order valence-corrected chi connectivity index (χ0v) is 13.8. The zero-order chi connectivity index (χ0) is 14.1. The van der Waals surface area contributed by atoms with Crippen LogP contribution < -0.4 is 5.32 Å². The molecule has 0 heterocycles. The van der Waals surface area contributed by atoms with Crippen LogP contribution in [0.1, 0.15) is 65.7 Å². The van der Waals surface area contributed by atoms with E-state index in [1.807, 2.05) is 0 Å². The standard InChI is InChI=1S/C17H36N2/c1-5-11-17(3,14-18-12-6-2)15-19(4)13-16-9-7-8-10-16/h16,18H,5-15H2,1-4H3. The molecule has 114 valence electrons. The molecule has 0 saturated heterocycles. The Hall–Kier alpha value is -0.0800. The first kappa shape index (κ1) is 17.0. The van der Waals surface area contributed by atoms with Crippen LogP contribution in [0.2, 0.25) is 0 Å². The van der Waals surface area contributed by atoms with E-state index in [2.05, 4.69) is 38.0 Å². The monoisotopic (exact) mass is 268 g/mol. The highest BCUT2D eigenvalue weighted by atomic mass is 15.1. The molecule has 2 nitrogen and oxygen atoms in total. The average Bonchev–Trinajstić information content (AvgIpc) is 2.82. The van der Waals surface area contributed by atoms with Gasteiger partial charge in [0.05, 0.1) is 0 Å². The fourth-order valence-electron chi connectivity index (χ4n) is 3.74. The van der Waals surface area contributed by atoms with Crippen LogP contribution in [0.4, 0.5) is 0 Å². The van der Waals surface area contributed by atoms with Crippen LogP contribution in [0.15, 0.2) is 0 Å². The van der Waals surface area contributed by atoms with Gasteiger partial charge in [-0.1, -0.05) is 40.0 Å². The van der Waals surface area contributed by atoms with Crippen LogP contribution in [0.5, 0.6) is 0 Å². The van der Waals surface area contributed by atoms with E-state index in [1.165, 1.54) is 64.6 Å². The molecule has 1 saturated carbocycles. The van der Waals surface area contributed by atoms with E-state index in [4.69, 9.17) is 0 Å². The van der Waals surface area contributed by atoms with Crippen LogP contribution >= 0.6 is 0 Å². The van der Waals surface area contributed by atoms with Gasteiger partial charge in [-0.25, -0.2) is 0 Å². The van der Waals surface area contributed by atoms with Gasteiger partial charge in [0.1, 0.15) is 0 Å². The smallest absolute Gasteiger partial charge is 0.00445 e. The molecule has 19 heavy (non-hydrogen) atoms. The molecule has 1 aliphatic carbocycles. The minimum atomic E-state index is 0.442. The molecule has 0 spiro atoms. The van der Waals surface area contributed by atoms with E-state index >= 15 is 0 Å². The fraction of sp³-hybridized carbons (Fsp3) is 1.00. The predicted octanol–water partition coefficient (Wildman–Crippen LogP) is 3.91. The lowest BCUT2D eigenvalue weighted by atomic mass is 9.84. The lowest BCUT2D eigenvalue weighted by molar-refractivity contribution is 0.157. The summed E-state index contributed by atoms with van der Waals surface area (Å²) in [5.41, 5.74) is 0.442. The molecule has 1 unspecified atom stereocenters.